The van der Waals surface area contributed by atoms with Crippen LogP contribution in [0, 0.1) is 0 Å². The van der Waals surface area contributed by atoms with Gasteiger partial charge in [-0.25, -0.2) is 9.97 Å². The first-order valence-corrected chi connectivity index (χ1v) is 2.78. The highest BCUT2D eigenvalue weighted by Crippen LogP contribution is 2.03. The lowest BCUT2D eigenvalue weighted by atomic mass is 10.6. The molecule has 5 heteroatoms. The fourth-order valence-electron chi connectivity index (χ4n) is 0.749. The second-order valence-corrected chi connectivity index (χ2v) is 1.87. The van der Waals surface area contributed by atoms with E-state index in [1.54, 1.807) is 12.5 Å². The van der Waals surface area contributed by atoms with Crippen LogP contribution in [0.15, 0.2) is 12.5 Å². The van der Waals surface area contributed by atoms with Crippen molar-refractivity contribution in [3.63, 3.8) is 0 Å². The molecule has 0 aliphatic rings. The van der Waals surface area contributed by atoms with E-state index in [1.165, 1.54) is 0 Å². The third kappa shape index (κ3) is 1.12. The molecular formula is C6H9N5. The van der Waals surface area contributed by atoms with Crippen molar-refractivity contribution in [1.29, 1.82) is 0 Å². The summed E-state index contributed by atoms with van der Waals surface area (Å²) in [6.07, 6.45) is 3.16. The summed E-state index contributed by atoms with van der Waals surface area (Å²) in [7, 11) is 0. The zero-order valence-electron chi connectivity index (χ0n) is 5.07. The third-order valence-corrected chi connectivity index (χ3v) is 1.19. The Bertz CT molecular complexity index is 353. The maximum absolute atomic E-state index is 5.31. The molecule has 0 aromatic carbocycles. The number of nitrogens with two attached hydrogens (primary N) is 1. The smallest absolute Gasteiger partial charge is 0.222 e. The number of fused-ring (bicyclic) bond motifs is 1. The molecule has 0 spiro atoms. The van der Waals surface area contributed by atoms with Gasteiger partial charge in [-0.2, -0.15) is 4.98 Å². The fourth-order valence-corrected chi connectivity index (χ4v) is 0.749. The van der Waals surface area contributed by atoms with E-state index in [4.69, 9.17) is 5.73 Å². The van der Waals surface area contributed by atoms with Crippen molar-refractivity contribution in [3.05, 3.63) is 12.5 Å². The van der Waals surface area contributed by atoms with Gasteiger partial charge in [-0.3, -0.25) is 0 Å². The predicted molar refractivity (Wildman–Crippen MR) is 42.8 cm³/mol. The fraction of sp³-hybridized carbons (Fsp3) is 0.167. The lowest BCUT2D eigenvalue weighted by Gasteiger charge is -1.87. The summed E-state index contributed by atoms with van der Waals surface area (Å²) in [6, 6.07) is 0. The van der Waals surface area contributed by atoms with Crippen LogP contribution in [0.3, 0.4) is 0 Å². The molecule has 0 saturated heterocycles. The Labute approximate surface area is 63.7 Å². The van der Waals surface area contributed by atoms with E-state index in [2.05, 4.69) is 19.9 Å². The average molecular weight is 151 g/mol. The molecule has 0 aliphatic heterocycles. The van der Waals surface area contributed by atoms with Crippen LogP contribution in [0.25, 0.3) is 11.2 Å². The zero-order valence-corrected chi connectivity index (χ0v) is 5.07. The van der Waals surface area contributed by atoms with E-state index < -0.39 is 0 Å². The Morgan fingerprint density at radius 1 is 1.36 bits per heavy atom. The van der Waals surface area contributed by atoms with Gasteiger partial charge in [0.05, 0.1) is 12.5 Å². The van der Waals surface area contributed by atoms with Gasteiger partial charge in [0.2, 0.25) is 5.95 Å². The predicted octanol–water partition coefficient (Wildman–Crippen LogP) is 0.571. The van der Waals surface area contributed by atoms with E-state index in [1.807, 2.05) is 0 Å². The Hall–Kier alpha value is -1.65. The van der Waals surface area contributed by atoms with Crippen LogP contribution in [-0.2, 0) is 0 Å². The highest BCUT2D eigenvalue weighted by molar-refractivity contribution is 5.69. The van der Waals surface area contributed by atoms with E-state index in [0.717, 1.165) is 5.52 Å². The Balaban J connectivity index is 0.000000605. The highest BCUT2D eigenvalue weighted by Gasteiger charge is 1.95. The second kappa shape index (κ2) is 2.53. The largest absolute Gasteiger partial charge is 0.368 e. The standard InChI is InChI=1S/C5H5N5.CH4/c6-5-7-1-3-4(10-5)9-2-8-3;/h1-2H,(H3,6,7,8,9,10);1H4. The summed E-state index contributed by atoms with van der Waals surface area (Å²) in [5.74, 6) is 0.250. The van der Waals surface area contributed by atoms with Gasteiger partial charge in [-0.05, 0) is 0 Å². The lowest BCUT2D eigenvalue weighted by molar-refractivity contribution is 1.22. The molecule has 0 bridgehead atoms. The van der Waals surface area contributed by atoms with Gasteiger partial charge in [0, 0.05) is 0 Å². The topological polar surface area (TPSA) is 80.5 Å². The molecule has 0 atom stereocenters. The maximum Gasteiger partial charge on any atom is 0.222 e. The molecule has 0 unspecified atom stereocenters. The number of rotatable bonds is 0. The average Bonchev–Trinajstić information content (AvgIpc) is 2.33. The molecule has 0 saturated carbocycles. The first-order valence-electron chi connectivity index (χ1n) is 2.78. The molecule has 2 aromatic rings. The maximum atomic E-state index is 5.31. The van der Waals surface area contributed by atoms with Crippen molar-refractivity contribution in [3.8, 4) is 0 Å². The van der Waals surface area contributed by atoms with Gasteiger partial charge < -0.3 is 10.7 Å². The van der Waals surface area contributed by atoms with Gasteiger partial charge in [0.1, 0.15) is 5.52 Å². The highest BCUT2D eigenvalue weighted by atomic mass is 15.1. The Morgan fingerprint density at radius 2 is 2.18 bits per heavy atom. The number of aromatic nitrogens is 4. The van der Waals surface area contributed by atoms with Crippen LogP contribution >= 0.6 is 0 Å². The third-order valence-electron chi connectivity index (χ3n) is 1.19. The monoisotopic (exact) mass is 151 g/mol. The van der Waals surface area contributed by atoms with Gasteiger partial charge in [-0.1, -0.05) is 7.43 Å². The number of aromatic amines is 1. The number of nitrogen functional groups attached to an aromatic ring is 1. The van der Waals surface area contributed by atoms with Crippen LogP contribution < -0.4 is 5.73 Å². The number of anilines is 1. The number of nitrogens with zero attached hydrogens (tertiary/aromatic N) is 3. The molecule has 0 fully saturated rings. The van der Waals surface area contributed by atoms with Gasteiger partial charge >= 0.3 is 0 Å². The normalized spacial score (nSPS) is 9.45. The number of H-pyrrole nitrogens is 1. The van der Waals surface area contributed by atoms with E-state index in [0.29, 0.717) is 5.65 Å². The molecule has 2 heterocycles. The zero-order chi connectivity index (χ0) is 6.97. The molecule has 5 nitrogen and oxygen atoms in total. The van der Waals surface area contributed by atoms with Gasteiger partial charge in [0.25, 0.3) is 0 Å². The van der Waals surface area contributed by atoms with E-state index >= 15 is 0 Å². The summed E-state index contributed by atoms with van der Waals surface area (Å²) in [5, 5.41) is 0. The summed E-state index contributed by atoms with van der Waals surface area (Å²) >= 11 is 0. The number of hydrogen-bond donors (Lipinski definition) is 2. The van der Waals surface area contributed by atoms with Crippen molar-refractivity contribution < 1.29 is 0 Å². The molecule has 2 aromatic heterocycles. The Morgan fingerprint density at radius 3 is 3.00 bits per heavy atom. The van der Waals surface area contributed by atoms with Crippen LogP contribution in [0.5, 0.6) is 0 Å². The van der Waals surface area contributed by atoms with Crippen molar-refractivity contribution >= 4 is 17.1 Å². The summed E-state index contributed by atoms with van der Waals surface area (Å²) in [5.41, 5.74) is 6.71. The Kier molecular flexibility index (Phi) is 1.72. The van der Waals surface area contributed by atoms with Gasteiger partial charge in [0.15, 0.2) is 5.65 Å². The van der Waals surface area contributed by atoms with Crippen molar-refractivity contribution in [2.45, 2.75) is 7.43 Å². The quantitative estimate of drug-likeness (QED) is 0.576. The molecular weight excluding hydrogens is 142 g/mol. The van der Waals surface area contributed by atoms with Crippen molar-refractivity contribution in [2.24, 2.45) is 0 Å². The van der Waals surface area contributed by atoms with Crippen LogP contribution in [0.1, 0.15) is 7.43 Å². The summed E-state index contributed by atoms with van der Waals surface area (Å²) < 4.78 is 0. The first-order chi connectivity index (χ1) is 4.86. The SMILES string of the molecule is C.Nc1ncc2[nH]cnc2n1. The molecule has 0 aliphatic carbocycles. The molecule has 58 valence electrons. The van der Waals surface area contributed by atoms with Crippen LogP contribution in [-0.4, -0.2) is 19.9 Å². The summed E-state index contributed by atoms with van der Waals surface area (Å²) in [6.45, 7) is 0. The minimum atomic E-state index is 0. The molecule has 11 heavy (non-hydrogen) atoms. The molecule has 2 rings (SSSR count). The number of nitrogens with one attached hydrogen (secondary N) is 1. The van der Waals surface area contributed by atoms with E-state index in [9.17, 15) is 0 Å². The molecule has 3 N–H and O–H groups in total. The van der Waals surface area contributed by atoms with Crippen molar-refractivity contribution in [2.75, 3.05) is 5.73 Å². The number of hydrogen-bond acceptors (Lipinski definition) is 4. The van der Waals surface area contributed by atoms with Crippen LogP contribution in [0.4, 0.5) is 5.95 Å². The van der Waals surface area contributed by atoms with Gasteiger partial charge in [-0.15, -0.1) is 0 Å². The molecule has 0 radical (unpaired) electrons. The summed E-state index contributed by atoms with van der Waals surface area (Å²) in [4.78, 5) is 14.4. The number of imidazole rings is 1. The first kappa shape index (κ1) is 7.46. The lowest BCUT2D eigenvalue weighted by Crippen LogP contribution is -1.93. The van der Waals surface area contributed by atoms with Crippen LogP contribution in [0.2, 0.25) is 0 Å². The molecule has 0 amide bonds. The minimum Gasteiger partial charge on any atom is -0.368 e. The minimum absolute atomic E-state index is 0. The second-order valence-electron chi connectivity index (χ2n) is 1.87. The van der Waals surface area contributed by atoms with Crippen molar-refractivity contribution in [1.82, 2.24) is 19.9 Å². The van der Waals surface area contributed by atoms with E-state index in [-0.39, 0.29) is 13.4 Å².